The second-order valence-electron chi connectivity index (χ2n) is 8.57. The van der Waals surface area contributed by atoms with Gasteiger partial charge in [0.2, 0.25) is 0 Å². The highest BCUT2D eigenvalue weighted by Crippen LogP contribution is 2.32. The van der Waals surface area contributed by atoms with Crippen LogP contribution in [-0.2, 0) is 20.3 Å². The van der Waals surface area contributed by atoms with Crippen molar-refractivity contribution in [2.24, 2.45) is 0 Å². The molecule has 1 N–H and O–H groups in total. The zero-order valence-electron chi connectivity index (χ0n) is 17.5. The first-order valence-corrected chi connectivity index (χ1v) is 10.5. The van der Waals surface area contributed by atoms with Gasteiger partial charge in [0, 0.05) is 16.2 Å². The quantitative estimate of drug-likeness (QED) is 0.802. The van der Waals surface area contributed by atoms with Crippen LogP contribution in [0.15, 0.2) is 40.6 Å². The molecule has 7 heteroatoms. The van der Waals surface area contributed by atoms with Gasteiger partial charge in [0.25, 0.3) is 0 Å². The molecule has 1 aromatic rings. The number of aryl methyl sites for hydroxylation is 1. The zero-order chi connectivity index (χ0) is 21.3. The van der Waals surface area contributed by atoms with Gasteiger partial charge in [0.1, 0.15) is 11.3 Å². The van der Waals surface area contributed by atoms with Crippen LogP contribution in [0.5, 0.6) is 0 Å². The summed E-state index contributed by atoms with van der Waals surface area (Å²) in [5.74, 6) is 0. The van der Waals surface area contributed by atoms with Crippen molar-refractivity contribution in [1.82, 2.24) is 4.90 Å². The van der Waals surface area contributed by atoms with E-state index in [0.717, 1.165) is 5.56 Å². The van der Waals surface area contributed by atoms with Gasteiger partial charge in [-0.05, 0) is 53.7 Å². The summed E-state index contributed by atoms with van der Waals surface area (Å²) in [6.45, 7) is 14.9. The number of hydrogen-bond acceptors (Lipinski definition) is 5. The molecule has 0 radical (unpaired) electrons. The first-order chi connectivity index (χ1) is 12.8. The highest BCUT2D eigenvalue weighted by molar-refractivity contribution is 7.89. The third kappa shape index (κ3) is 5.43. The van der Waals surface area contributed by atoms with Gasteiger partial charge in [-0.3, -0.25) is 4.90 Å². The molecule has 1 amide bonds. The standard InChI is InChI=1S/C21H31NO5S/c1-14-8-10-16(11-9-14)28(25)15(2)12-18(23)17-13-26-21(6,7)22(17)19(24)27-20(3,4)5/h8-11,17-18,23H,2,12-13H2,1,3-7H3/t17-,18+,28-/m1/s1. The van der Waals surface area contributed by atoms with E-state index in [-0.39, 0.29) is 13.0 Å². The molecule has 156 valence electrons. The number of aliphatic hydroxyl groups excluding tert-OH is 1. The Morgan fingerprint density at radius 2 is 1.96 bits per heavy atom. The van der Waals surface area contributed by atoms with Crippen LogP contribution in [-0.4, -0.2) is 50.4 Å². The number of ether oxygens (including phenoxy) is 2. The fourth-order valence-electron chi connectivity index (χ4n) is 3.06. The predicted molar refractivity (Wildman–Crippen MR) is 109 cm³/mol. The zero-order valence-corrected chi connectivity index (χ0v) is 18.3. The van der Waals surface area contributed by atoms with Crippen molar-refractivity contribution in [3.63, 3.8) is 0 Å². The van der Waals surface area contributed by atoms with Crippen LogP contribution in [0.4, 0.5) is 4.79 Å². The molecule has 1 heterocycles. The van der Waals surface area contributed by atoms with Crippen molar-refractivity contribution < 1.29 is 23.6 Å². The molecule has 0 aromatic heterocycles. The molecule has 0 spiro atoms. The number of carbonyl (C=O) groups is 1. The van der Waals surface area contributed by atoms with Crippen LogP contribution in [0, 0.1) is 6.92 Å². The molecule has 0 saturated carbocycles. The molecule has 1 aliphatic rings. The lowest BCUT2D eigenvalue weighted by atomic mass is 10.1. The minimum absolute atomic E-state index is 0.0872. The molecule has 0 aliphatic carbocycles. The average molecular weight is 410 g/mol. The average Bonchev–Trinajstić information content (AvgIpc) is 2.88. The van der Waals surface area contributed by atoms with E-state index in [1.807, 2.05) is 19.1 Å². The first kappa shape index (κ1) is 22.6. The summed E-state index contributed by atoms with van der Waals surface area (Å²) >= 11 is 0. The summed E-state index contributed by atoms with van der Waals surface area (Å²) in [5.41, 5.74) is -0.502. The molecule has 0 unspecified atom stereocenters. The molecule has 1 saturated heterocycles. The second-order valence-corrected chi connectivity index (χ2v) is 10.2. The Morgan fingerprint density at radius 3 is 2.50 bits per heavy atom. The Labute approximate surface area is 170 Å². The van der Waals surface area contributed by atoms with Gasteiger partial charge in [0.15, 0.2) is 0 Å². The van der Waals surface area contributed by atoms with Crippen LogP contribution in [0.3, 0.4) is 0 Å². The number of rotatable bonds is 5. The highest BCUT2D eigenvalue weighted by atomic mass is 32.2. The van der Waals surface area contributed by atoms with Gasteiger partial charge >= 0.3 is 6.09 Å². The number of hydrogen-bond donors (Lipinski definition) is 1. The SMILES string of the molecule is C=C(C[C@H](O)[C@H]1COC(C)(C)N1C(=O)OC(C)(C)C)[S@@](=O)c1ccc(C)cc1. The van der Waals surface area contributed by atoms with Crippen LogP contribution >= 0.6 is 0 Å². The number of carbonyl (C=O) groups excluding carboxylic acids is 1. The van der Waals surface area contributed by atoms with E-state index >= 15 is 0 Å². The number of nitrogens with zero attached hydrogens (tertiary/aromatic N) is 1. The van der Waals surface area contributed by atoms with Crippen LogP contribution < -0.4 is 0 Å². The second kappa shape index (κ2) is 8.35. The lowest BCUT2D eigenvalue weighted by Crippen LogP contribution is -2.53. The Bertz CT molecular complexity index is 751. The third-order valence-corrected chi connectivity index (χ3v) is 5.88. The third-order valence-electron chi connectivity index (χ3n) is 4.49. The van der Waals surface area contributed by atoms with Gasteiger partial charge in [-0.1, -0.05) is 24.3 Å². The van der Waals surface area contributed by atoms with Crippen LogP contribution in [0.1, 0.15) is 46.6 Å². The molecular formula is C21H31NO5S. The maximum Gasteiger partial charge on any atom is 0.412 e. The lowest BCUT2D eigenvalue weighted by Gasteiger charge is -2.36. The summed E-state index contributed by atoms with van der Waals surface area (Å²) in [5, 5.41) is 10.8. The smallest absolute Gasteiger partial charge is 0.412 e. The summed E-state index contributed by atoms with van der Waals surface area (Å²) in [4.78, 5) is 15.1. The lowest BCUT2D eigenvalue weighted by molar-refractivity contribution is -0.0676. The molecule has 1 aliphatic heterocycles. The molecule has 3 atom stereocenters. The fraction of sp³-hybridized carbons (Fsp3) is 0.571. The van der Waals surface area contributed by atoms with E-state index in [1.165, 1.54) is 4.90 Å². The van der Waals surface area contributed by atoms with Crippen molar-refractivity contribution in [2.75, 3.05) is 6.61 Å². The normalized spacial score (nSPS) is 21.2. The van der Waals surface area contributed by atoms with Crippen LogP contribution in [0.2, 0.25) is 0 Å². The molecular weight excluding hydrogens is 378 g/mol. The van der Waals surface area contributed by atoms with E-state index in [0.29, 0.717) is 9.80 Å². The largest absolute Gasteiger partial charge is 0.444 e. The van der Waals surface area contributed by atoms with E-state index in [1.54, 1.807) is 46.8 Å². The summed E-state index contributed by atoms with van der Waals surface area (Å²) < 4.78 is 23.9. The number of aliphatic hydroxyl groups is 1. The van der Waals surface area contributed by atoms with Gasteiger partial charge in [0.05, 0.1) is 29.6 Å². The van der Waals surface area contributed by atoms with Crippen LogP contribution in [0.25, 0.3) is 0 Å². The van der Waals surface area contributed by atoms with Gasteiger partial charge < -0.3 is 14.6 Å². The molecule has 1 aromatic carbocycles. The molecule has 6 nitrogen and oxygen atoms in total. The van der Waals surface area contributed by atoms with E-state index in [4.69, 9.17) is 9.47 Å². The van der Waals surface area contributed by atoms with E-state index in [2.05, 4.69) is 6.58 Å². The maximum absolute atomic E-state index is 12.7. The topological polar surface area (TPSA) is 76.1 Å². The molecule has 28 heavy (non-hydrogen) atoms. The van der Waals surface area contributed by atoms with Gasteiger partial charge in [-0.2, -0.15) is 0 Å². The van der Waals surface area contributed by atoms with Crippen molar-refractivity contribution in [3.8, 4) is 0 Å². The van der Waals surface area contributed by atoms with E-state index < -0.39 is 40.4 Å². The van der Waals surface area contributed by atoms with Crippen molar-refractivity contribution >= 4 is 16.9 Å². The molecule has 1 fully saturated rings. The van der Waals surface area contributed by atoms with E-state index in [9.17, 15) is 14.1 Å². The van der Waals surface area contributed by atoms with Gasteiger partial charge in [-0.15, -0.1) is 0 Å². The Morgan fingerprint density at radius 1 is 1.39 bits per heavy atom. The van der Waals surface area contributed by atoms with Crippen molar-refractivity contribution in [1.29, 1.82) is 0 Å². The fourth-order valence-corrected chi connectivity index (χ4v) is 4.09. The Hall–Kier alpha value is -1.70. The monoisotopic (exact) mass is 409 g/mol. The van der Waals surface area contributed by atoms with Crippen molar-refractivity contribution in [3.05, 3.63) is 41.3 Å². The Balaban J connectivity index is 2.11. The van der Waals surface area contributed by atoms with Gasteiger partial charge in [-0.25, -0.2) is 9.00 Å². The molecule has 2 rings (SSSR count). The minimum atomic E-state index is -1.44. The number of amides is 1. The minimum Gasteiger partial charge on any atom is -0.444 e. The summed E-state index contributed by atoms with van der Waals surface area (Å²) in [6, 6.07) is 6.73. The maximum atomic E-state index is 12.7. The first-order valence-electron chi connectivity index (χ1n) is 9.32. The highest BCUT2D eigenvalue weighted by Gasteiger charge is 2.48. The summed E-state index contributed by atoms with van der Waals surface area (Å²) in [6.07, 6.45) is -1.44. The van der Waals surface area contributed by atoms with Crippen molar-refractivity contribution in [2.45, 2.75) is 76.3 Å². The number of benzene rings is 1. The Kier molecular flexibility index (Phi) is 6.74. The summed E-state index contributed by atoms with van der Waals surface area (Å²) in [7, 11) is -1.44. The predicted octanol–water partition coefficient (Wildman–Crippen LogP) is 3.74. The molecule has 0 bridgehead atoms.